The SMILES string of the molecule is CCNC(=NCc1cn(C)nc1C(F)(F)F)NC1CCN(C2CCCC2)CC1.I. The average Bonchev–Trinajstić information content (AvgIpc) is 3.30. The number of rotatable bonds is 5. The van der Waals surface area contributed by atoms with Crippen molar-refractivity contribution in [3.63, 3.8) is 0 Å². The average molecular weight is 528 g/mol. The highest BCUT2D eigenvalue weighted by Crippen LogP contribution is 2.31. The van der Waals surface area contributed by atoms with Gasteiger partial charge >= 0.3 is 6.18 Å². The van der Waals surface area contributed by atoms with Crippen LogP contribution < -0.4 is 10.6 Å². The second-order valence-electron chi connectivity index (χ2n) is 7.76. The molecule has 6 nitrogen and oxygen atoms in total. The van der Waals surface area contributed by atoms with Gasteiger partial charge in [-0.2, -0.15) is 18.3 Å². The minimum atomic E-state index is -4.47. The first-order valence-corrected chi connectivity index (χ1v) is 10.3. The number of piperidine rings is 1. The Morgan fingerprint density at radius 3 is 2.45 bits per heavy atom. The molecule has 1 saturated heterocycles. The Kier molecular flexibility index (Phi) is 9.05. The Labute approximate surface area is 187 Å². The molecule has 1 aliphatic heterocycles. The number of aryl methyl sites for hydroxylation is 1. The fourth-order valence-electron chi connectivity index (χ4n) is 4.25. The summed E-state index contributed by atoms with van der Waals surface area (Å²) < 4.78 is 40.5. The van der Waals surface area contributed by atoms with Crippen LogP contribution in [0, 0.1) is 0 Å². The van der Waals surface area contributed by atoms with Crippen LogP contribution in [0.2, 0.25) is 0 Å². The van der Waals surface area contributed by atoms with E-state index < -0.39 is 11.9 Å². The molecular formula is C19H32F3IN6. The molecule has 0 radical (unpaired) electrons. The third-order valence-corrected chi connectivity index (χ3v) is 5.64. The molecule has 0 aromatic carbocycles. The van der Waals surface area contributed by atoms with E-state index in [1.165, 1.54) is 43.6 Å². The molecule has 1 aliphatic carbocycles. The minimum absolute atomic E-state index is 0. The van der Waals surface area contributed by atoms with Crippen molar-refractivity contribution in [3.05, 3.63) is 17.5 Å². The summed E-state index contributed by atoms with van der Waals surface area (Å²) in [7, 11) is 1.49. The summed E-state index contributed by atoms with van der Waals surface area (Å²) in [6.45, 7) is 4.70. The van der Waals surface area contributed by atoms with Crippen molar-refractivity contribution >= 4 is 29.9 Å². The monoisotopic (exact) mass is 528 g/mol. The van der Waals surface area contributed by atoms with Crippen LogP contribution in [0.15, 0.2) is 11.2 Å². The molecule has 2 heterocycles. The third-order valence-electron chi connectivity index (χ3n) is 5.64. The highest BCUT2D eigenvalue weighted by Gasteiger charge is 2.36. The number of hydrogen-bond donors (Lipinski definition) is 2. The van der Waals surface area contributed by atoms with Crippen LogP contribution in [0.5, 0.6) is 0 Å². The zero-order valence-electron chi connectivity index (χ0n) is 17.1. The second kappa shape index (κ2) is 10.8. The first-order chi connectivity index (χ1) is 13.4. The molecule has 2 fully saturated rings. The Morgan fingerprint density at radius 2 is 1.86 bits per heavy atom. The largest absolute Gasteiger partial charge is 0.435 e. The van der Waals surface area contributed by atoms with Crippen molar-refractivity contribution in [2.75, 3.05) is 19.6 Å². The first kappa shape index (κ1) is 24.2. The number of hydrogen-bond acceptors (Lipinski definition) is 3. The summed E-state index contributed by atoms with van der Waals surface area (Å²) in [5.74, 6) is 0.568. The maximum Gasteiger partial charge on any atom is 0.435 e. The van der Waals surface area contributed by atoms with E-state index >= 15 is 0 Å². The van der Waals surface area contributed by atoms with Gasteiger partial charge in [0.2, 0.25) is 0 Å². The van der Waals surface area contributed by atoms with Gasteiger partial charge in [0.15, 0.2) is 11.7 Å². The zero-order chi connectivity index (χ0) is 20.1. The van der Waals surface area contributed by atoms with Gasteiger partial charge in [0.05, 0.1) is 6.54 Å². The summed E-state index contributed by atoms with van der Waals surface area (Å²) in [5, 5.41) is 10.1. The molecule has 1 aromatic heterocycles. The fourth-order valence-corrected chi connectivity index (χ4v) is 4.25. The van der Waals surface area contributed by atoms with Gasteiger partial charge in [-0.25, -0.2) is 4.99 Å². The van der Waals surface area contributed by atoms with E-state index in [0.29, 0.717) is 18.5 Å². The van der Waals surface area contributed by atoms with Gasteiger partial charge in [0.1, 0.15) is 0 Å². The van der Waals surface area contributed by atoms with Crippen molar-refractivity contribution in [2.24, 2.45) is 12.0 Å². The fraction of sp³-hybridized carbons (Fsp3) is 0.789. The van der Waals surface area contributed by atoms with Crippen molar-refractivity contribution in [3.8, 4) is 0 Å². The van der Waals surface area contributed by atoms with E-state index in [4.69, 9.17) is 0 Å². The summed E-state index contributed by atoms with van der Waals surface area (Å²) >= 11 is 0. The molecule has 1 saturated carbocycles. The number of likely N-dealkylation sites (tertiary alicyclic amines) is 1. The van der Waals surface area contributed by atoms with Gasteiger partial charge in [-0.3, -0.25) is 4.68 Å². The number of guanidine groups is 1. The second-order valence-corrected chi connectivity index (χ2v) is 7.76. The lowest BCUT2D eigenvalue weighted by atomic mass is 10.0. The van der Waals surface area contributed by atoms with Crippen molar-refractivity contribution in [1.29, 1.82) is 0 Å². The molecule has 1 aromatic rings. The Balaban J connectivity index is 0.00000300. The van der Waals surface area contributed by atoms with Crippen LogP contribution in [0.4, 0.5) is 13.2 Å². The lowest BCUT2D eigenvalue weighted by molar-refractivity contribution is -0.142. The van der Waals surface area contributed by atoms with E-state index in [2.05, 4.69) is 25.6 Å². The minimum Gasteiger partial charge on any atom is -0.357 e. The maximum absolute atomic E-state index is 13.1. The van der Waals surface area contributed by atoms with Crippen LogP contribution in [0.25, 0.3) is 0 Å². The van der Waals surface area contributed by atoms with E-state index in [-0.39, 0.29) is 36.1 Å². The van der Waals surface area contributed by atoms with E-state index in [9.17, 15) is 13.2 Å². The molecule has 10 heteroatoms. The highest BCUT2D eigenvalue weighted by atomic mass is 127. The molecule has 0 unspecified atom stereocenters. The Morgan fingerprint density at radius 1 is 1.21 bits per heavy atom. The number of alkyl halides is 3. The number of halogens is 4. The number of aromatic nitrogens is 2. The number of nitrogens with zero attached hydrogens (tertiary/aromatic N) is 4. The Hall–Kier alpha value is -1.04. The molecule has 0 amide bonds. The number of nitrogens with one attached hydrogen (secondary N) is 2. The summed E-state index contributed by atoms with van der Waals surface area (Å²) in [5.41, 5.74) is -0.775. The molecule has 0 bridgehead atoms. The highest BCUT2D eigenvalue weighted by molar-refractivity contribution is 14.0. The van der Waals surface area contributed by atoms with Crippen LogP contribution >= 0.6 is 24.0 Å². The number of aliphatic imine (C=N–C) groups is 1. The van der Waals surface area contributed by atoms with Gasteiger partial charge in [0.25, 0.3) is 0 Å². The molecule has 166 valence electrons. The quantitative estimate of drug-likeness (QED) is 0.349. The first-order valence-electron chi connectivity index (χ1n) is 10.3. The van der Waals surface area contributed by atoms with E-state index in [1.54, 1.807) is 0 Å². The molecule has 29 heavy (non-hydrogen) atoms. The summed E-state index contributed by atoms with van der Waals surface area (Å²) in [4.78, 5) is 6.99. The van der Waals surface area contributed by atoms with Crippen LogP contribution in [0.1, 0.15) is 56.7 Å². The van der Waals surface area contributed by atoms with Gasteiger partial charge in [0, 0.05) is 50.5 Å². The molecule has 3 rings (SSSR count). The summed E-state index contributed by atoms with van der Waals surface area (Å²) in [6.07, 6.45) is 4.29. The lowest BCUT2D eigenvalue weighted by Crippen LogP contribution is -2.50. The predicted molar refractivity (Wildman–Crippen MR) is 118 cm³/mol. The van der Waals surface area contributed by atoms with Gasteiger partial charge in [-0.1, -0.05) is 12.8 Å². The lowest BCUT2D eigenvalue weighted by Gasteiger charge is -2.36. The van der Waals surface area contributed by atoms with E-state index in [1.807, 2.05) is 6.92 Å². The van der Waals surface area contributed by atoms with E-state index in [0.717, 1.165) is 32.0 Å². The Bertz CT molecular complexity index is 661. The smallest absolute Gasteiger partial charge is 0.357 e. The third kappa shape index (κ3) is 6.73. The normalized spacial score (nSPS) is 20.0. The van der Waals surface area contributed by atoms with Crippen molar-refractivity contribution in [2.45, 2.75) is 70.3 Å². The van der Waals surface area contributed by atoms with Gasteiger partial charge < -0.3 is 15.5 Å². The topological polar surface area (TPSA) is 57.5 Å². The zero-order valence-corrected chi connectivity index (χ0v) is 19.5. The van der Waals surface area contributed by atoms with Gasteiger partial charge in [-0.15, -0.1) is 24.0 Å². The van der Waals surface area contributed by atoms with Crippen LogP contribution in [-0.2, 0) is 19.8 Å². The van der Waals surface area contributed by atoms with Gasteiger partial charge in [-0.05, 0) is 32.6 Å². The summed E-state index contributed by atoms with van der Waals surface area (Å²) in [6, 6.07) is 1.04. The van der Waals surface area contributed by atoms with Crippen LogP contribution in [-0.4, -0.2) is 52.4 Å². The molecule has 0 spiro atoms. The van der Waals surface area contributed by atoms with Crippen molar-refractivity contribution in [1.82, 2.24) is 25.3 Å². The van der Waals surface area contributed by atoms with Crippen LogP contribution in [0.3, 0.4) is 0 Å². The maximum atomic E-state index is 13.1. The predicted octanol–water partition coefficient (Wildman–Crippen LogP) is 3.52. The molecule has 2 N–H and O–H groups in total. The molecule has 0 atom stereocenters. The molecular weight excluding hydrogens is 496 g/mol. The standard InChI is InChI=1S/C19H31F3N6.HI/c1-3-23-18(24-12-14-13-27(2)26-17(14)19(20,21)22)25-15-8-10-28(11-9-15)16-6-4-5-7-16;/h13,15-16H,3-12H2,1-2H3,(H2,23,24,25);1H. The van der Waals surface area contributed by atoms with Crippen molar-refractivity contribution < 1.29 is 13.2 Å². The molecule has 2 aliphatic rings.